The smallest absolute Gasteiger partial charge is 0.0212 e. The molecule has 1 aliphatic heterocycles. The van der Waals surface area contributed by atoms with Gasteiger partial charge in [0.15, 0.2) is 0 Å². The van der Waals surface area contributed by atoms with Crippen LogP contribution in [0.1, 0.15) is 26.2 Å². The Hall–Kier alpha value is -0.340. The van der Waals surface area contributed by atoms with Crippen molar-refractivity contribution in [1.82, 2.24) is 10.2 Å². The van der Waals surface area contributed by atoms with Crippen molar-refractivity contribution in [2.45, 2.75) is 44.3 Å². The summed E-state index contributed by atoms with van der Waals surface area (Å²) < 4.78 is 0. The van der Waals surface area contributed by atoms with Crippen molar-refractivity contribution in [2.24, 2.45) is 0 Å². The molecule has 2 rings (SSSR count). The molecule has 2 fully saturated rings. The van der Waals surface area contributed by atoms with Gasteiger partial charge in [0.05, 0.1) is 0 Å². The van der Waals surface area contributed by atoms with E-state index in [4.69, 9.17) is 0 Å². The van der Waals surface area contributed by atoms with Crippen LogP contribution in [0.15, 0.2) is 12.7 Å². The Morgan fingerprint density at radius 1 is 1.54 bits per heavy atom. The summed E-state index contributed by atoms with van der Waals surface area (Å²) in [5.41, 5.74) is 0. The predicted octanol–water partition coefficient (Wildman–Crippen LogP) is 1.39. The highest BCUT2D eigenvalue weighted by Gasteiger charge is 2.38. The zero-order valence-electron chi connectivity index (χ0n) is 8.50. The van der Waals surface area contributed by atoms with Crippen LogP contribution in [-0.2, 0) is 0 Å². The molecule has 74 valence electrons. The molecule has 1 saturated carbocycles. The average Bonchev–Trinajstić information content (AvgIpc) is 2.88. The summed E-state index contributed by atoms with van der Waals surface area (Å²) in [7, 11) is 0. The Bertz CT molecular complexity index is 187. The van der Waals surface area contributed by atoms with E-state index in [1.165, 1.54) is 25.8 Å². The summed E-state index contributed by atoms with van der Waals surface area (Å²) in [5, 5.41) is 3.51. The molecule has 0 amide bonds. The molecule has 0 bridgehead atoms. The standard InChI is InChI=1S/C11H20N2/c1-3-6-12-10-7-9(2)13(8-10)11-4-5-11/h3,9-12H,1,4-8H2,2H3. The molecule has 13 heavy (non-hydrogen) atoms. The largest absolute Gasteiger partial charge is 0.309 e. The third-order valence-electron chi connectivity index (χ3n) is 3.19. The van der Waals surface area contributed by atoms with Gasteiger partial charge in [0.2, 0.25) is 0 Å². The minimum absolute atomic E-state index is 0.702. The van der Waals surface area contributed by atoms with Crippen molar-refractivity contribution in [3.05, 3.63) is 12.7 Å². The molecule has 0 spiro atoms. The Morgan fingerprint density at radius 2 is 2.31 bits per heavy atom. The normalized spacial score (nSPS) is 35.2. The molecule has 1 N–H and O–H groups in total. The highest BCUT2D eigenvalue weighted by atomic mass is 15.3. The van der Waals surface area contributed by atoms with E-state index < -0.39 is 0 Å². The molecule has 0 aromatic rings. The highest BCUT2D eigenvalue weighted by Crippen LogP contribution is 2.33. The quantitative estimate of drug-likeness (QED) is 0.658. The lowest BCUT2D eigenvalue weighted by Gasteiger charge is -2.19. The van der Waals surface area contributed by atoms with Gasteiger partial charge in [0, 0.05) is 31.2 Å². The van der Waals surface area contributed by atoms with Gasteiger partial charge < -0.3 is 5.32 Å². The fourth-order valence-electron chi connectivity index (χ4n) is 2.37. The van der Waals surface area contributed by atoms with E-state index in [2.05, 4.69) is 23.7 Å². The SMILES string of the molecule is C=CCNC1CC(C)N(C2CC2)C1. The molecule has 2 nitrogen and oxygen atoms in total. The van der Waals surface area contributed by atoms with Gasteiger partial charge in [-0.2, -0.15) is 0 Å². The van der Waals surface area contributed by atoms with Gasteiger partial charge in [0.1, 0.15) is 0 Å². The van der Waals surface area contributed by atoms with E-state index in [-0.39, 0.29) is 0 Å². The Labute approximate surface area is 81.0 Å². The van der Waals surface area contributed by atoms with Crippen LogP contribution in [0.4, 0.5) is 0 Å². The van der Waals surface area contributed by atoms with Crippen LogP contribution in [0.2, 0.25) is 0 Å². The third-order valence-corrected chi connectivity index (χ3v) is 3.19. The summed E-state index contributed by atoms with van der Waals surface area (Å²) in [6, 6.07) is 2.41. The van der Waals surface area contributed by atoms with Crippen molar-refractivity contribution in [2.75, 3.05) is 13.1 Å². The monoisotopic (exact) mass is 180 g/mol. The Kier molecular flexibility index (Phi) is 2.70. The van der Waals surface area contributed by atoms with Gasteiger partial charge in [-0.05, 0) is 26.2 Å². The van der Waals surface area contributed by atoms with Crippen molar-refractivity contribution in [1.29, 1.82) is 0 Å². The maximum absolute atomic E-state index is 3.73. The van der Waals surface area contributed by atoms with E-state index in [0.717, 1.165) is 18.6 Å². The van der Waals surface area contributed by atoms with Crippen molar-refractivity contribution in [3.63, 3.8) is 0 Å². The van der Waals surface area contributed by atoms with Crippen LogP contribution in [0.5, 0.6) is 0 Å². The van der Waals surface area contributed by atoms with Gasteiger partial charge in [-0.25, -0.2) is 0 Å². The molecular formula is C11H20N2. The molecule has 2 heteroatoms. The van der Waals surface area contributed by atoms with Crippen LogP contribution in [0.3, 0.4) is 0 Å². The van der Waals surface area contributed by atoms with E-state index in [1.54, 1.807) is 0 Å². The van der Waals surface area contributed by atoms with Gasteiger partial charge >= 0.3 is 0 Å². The maximum atomic E-state index is 3.73. The first-order valence-electron chi connectivity index (χ1n) is 5.41. The predicted molar refractivity (Wildman–Crippen MR) is 55.8 cm³/mol. The summed E-state index contributed by atoms with van der Waals surface area (Å²) in [6.45, 7) is 8.29. The third kappa shape index (κ3) is 2.12. The number of nitrogens with zero attached hydrogens (tertiary/aromatic N) is 1. The van der Waals surface area contributed by atoms with Crippen LogP contribution in [-0.4, -0.2) is 36.1 Å². The van der Waals surface area contributed by atoms with E-state index >= 15 is 0 Å². The van der Waals surface area contributed by atoms with Crippen LogP contribution < -0.4 is 5.32 Å². The molecule has 2 atom stereocenters. The minimum Gasteiger partial charge on any atom is -0.309 e. The number of hydrogen-bond donors (Lipinski definition) is 1. The zero-order chi connectivity index (χ0) is 9.26. The molecule has 1 heterocycles. The highest BCUT2D eigenvalue weighted by molar-refractivity contribution is 4.96. The van der Waals surface area contributed by atoms with Crippen LogP contribution >= 0.6 is 0 Å². The minimum atomic E-state index is 0.702. The first-order chi connectivity index (χ1) is 6.31. The second-order valence-electron chi connectivity index (χ2n) is 4.41. The topological polar surface area (TPSA) is 15.3 Å². The molecule has 1 aliphatic carbocycles. The average molecular weight is 180 g/mol. The lowest BCUT2D eigenvalue weighted by Crippen LogP contribution is -2.34. The lowest BCUT2D eigenvalue weighted by molar-refractivity contribution is 0.255. The first-order valence-corrected chi connectivity index (χ1v) is 5.41. The first kappa shape index (κ1) is 9.22. The summed E-state index contributed by atoms with van der Waals surface area (Å²) in [5.74, 6) is 0. The molecule has 0 aromatic heterocycles. The number of nitrogens with one attached hydrogen (secondary N) is 1. The van der Waals surface area contributed by atoms with E-state index in [1.807, 2.05) is 6.08 Å². The number of hydrogen-bond acceptors (Lipinski definition) is 2. The summed E-state index contributed by atoms with van der Waals surface area (Å²) >= 11 is 0. The number of likely N-dealkylation sites (tertiary alicyclic amines) is 1. The second kappa shape index (κ2) is 3.81. The Balaban J connectivity index is 1.79. The van der Waals surface area contributed by atoms with Gasteiger partial charge in [-0.3, -0.25) is 4.90 Å². The molecule has 1 saturated heterocycles. The summed E-state index contributed by atoms with van der Waals surface area (Å²) in [6.07, 6.45) is 6.12. The fourth-order valence-corrected chi connectivity index (χ4v) is 2.37. The molecule has 0 radical (unpaired) electrons. The number of rotatable bonds is 4. The lowest BCUT2D eigenvalue weighted by atomic mass is 10.2. The van der Waals surface area contributed by atoms with Gasteiger partial charge in [-0.15, -0.1) is 6.58 Å². The van der Waals surface area contributed by atoms with Crippen molar-refractivity contribution >= 4 is 0 Å². The van der Waals surface area contributed by atoms with E-state index in [0.29, 0.717) is 6.04 Å². The van der Waals surface area contributed by atoms with Crippen molar-refractivity contribution in [3.8, 4) is 0 Å². The van der Waals surface area contributed by atoms with Crippen LogP contribution in [0, 0.1) is 0 Å². The van der Waals surface area contributed by atoms with Crippen molar-refractivity contribution < 1.29 is 0 Å². The molecule has 2 unspecified atom stereocenters. The van der Waals surface area contributed by atoms with Crippen LogP contribution in [0.25, 0.3) is 0 Å². The molecular weight excluding hydrogens is 160 g/mol. The zero-order valence-corrected chi connectivity index (χ0v) is 8.50. The fraction of sp³-hybridized carbons (Fsp3) is 0.818. The second-order valence-corrected chi connectivity index (χ2v) is 4.41. The van der Waals surface area contributed by atoms with Gasteiger partial charge in [-0.1, -0.05) is 6.08 Å². The Morgan fingerprint density at radius 3 is 2.92 bits per heavy atom. The molecule has 0 aromatic carbocycles. The van der Waals surface area contributed by atoms with E-state index in [9.17, 15) is 0 Å². The summed E-state index contributed by atoms with van der Waals surface area (Å²) in [4.78, 5) is 2.67. The van der Waals surface area contributed by atoms with Gasteiger partial charge in [0.25, 0.3) is 0 Å². The molecule has 2 aliphatic rings. The maximum Gasteiger partial charge on any atom is 0.0212 e.